The minimum atomic E-state index is -1.63. The maximum atomic E-state index is 15.2. The number of carbonyl (C=O) groups excluding carboxylic acids is 11. The van der Waals surface area contributed by atoms with Crippen LogP contribution in [0.3, 0.4) is 0 Å². The van der Waals surface area contributed by atoms with Gasteiger partial charge in [0.05, 0.1) is 25.4 Å². The predicted octanol–water partition coefficient (Wildman–Crippen LogP) is 2.81. The SMILES string of the molecule is C=CCO[C@H](C)[C@H]1C(=O)N[C@@H](C(C)C)C(=O)N(C)[C@@H](CC(C)C)C(=O)N[C@@H](C)C(=O)N[C@H](C)C(=O)N(C)[C@@H](CC(C)C)C(=O)N(C)[C@@H](CC(C)C)C(=O)N(C)C(C(C)C)C(=O)N(C)[C@@H]([C@H](O)[C@H](C)C/C=C/C)C(=O)N[C@@H](CC)C(=O)N(C)CC(=O)N1C. The van der Waals surface area contributed by atoms with Crippen LogP contribution >= 0.6 is 0 Å². The lowest BCUT2D eigenvalue weighted by Gasteiger charge is -2.41. The Balaban J connectivity index is 4.37. The highest BCUT2D eigenvalue weighted by molar-refractivity contribution is 5.99. The van der Waals surface area contributed by atoms with Crippen molar-refractivity contribution in [2.45, 2.75) is 216 Å². The molecule has 13 atom stereocenters. The van der Waals surface area contributed by atoms with Crippen LogP contribution in [0.4, 0.5) is 0 Å². The Morgan fingerprint density at radius 1 is 0.529 bits per heavy atom. The van der Waals surface area contributed by atoms with Gasteiger partial charge >= 0.3 is 0 Å². The van der Waals surface area contributed by atoms with Crippen molar-refractivity contribution in [3.8, 4) is 0 Å². The average Bonchev–Trinajstić information content (AvgIpc) is 1.82. The summed E-state index contributed by atoms with van der Waals surface area (Å²) in [6.07, 6.45) is 3.20. The van der Waals surface area contributed by atoms with Crippen LogP contribution in [0, 0.1) is 35.5 Å². The monoisotopic (exact) mass is 1230 g/mol. The van der Waals surface area contributed by atoms with Crippen molar-refractivity contribution < 1.29 is 62.6 Å². The first-order valence-electron chi connectivity index (χ1n) is 30.8. The van der Waals surface area contributed by atoms with Gasteiger partial charge in [-0.25, -0.2) is 0 Å². The van der Waals surface area contributed by atoms with Crippen LogP contribution in [0.15, 0.2) is 24.8 Å². The van der Waals surface area contributed by atoms with Crippen molar-refractivity contribution in [1.29, 1.82) is 0 Å². The molecule has 0 aliphatic carbocycles. The predicted molar refractivity (Wildman–Crippen MR) is 335 cm³/mol. The van der Waals surface area contributed by atoms with Crippen LogP contribution in [0.5, 0.6) is 0 Å². The lowest BCUT2D eigenvalue weighted by molar-refractivity contribution is -0.157. The molecule has 496 valence electrons. The topological polar surface area (TPSA) is 288 Å². The first-order chi connectivity index (χ1) is 40.3. The quantitative estimate of drug-likeness (QED) is 0.131. The lowest BCUT2D eigenvalue weighted by Crippen LogP contribution is -2.63. The molecule has 24 nitrogen and oxygen atoms in total. The smallest absolute Gasteiger partial charge is 0.246 e. The van der Waals surface area contributed by atoms with Crippen LogP contribution in [0.2, 0.25) is 0 Å². The number of aliphatic hydroxyl groups is 1. The number of nitrogens with one attached hydrogen (secondary N) is 4. The maximum Gasteiger partial charge on any atom is 0.246 e. The molecule has 1 saturated heterocycles. The van der Waals surface area contributed by atoms with E-state index < -0.39 is 162 Å². The van der Waals surface area contributed by atoms with E-state index in [2.05, 4.69) is 27.8 Å². The molecular formula is C63H111N11O13. The summed E-state index contributed by atoms with van der Waals surface area (Å²) >= 11 is 0. The highest BCUT2D eigenvalue weighted by Gasteiger charge is 2.46. The van der Waals surface area contributed by atoms with Gasteiger partial charge in [0.1, 0.15) is 60.4 Å². The molecule has 0 aromatic carbocycles. The fourth-order valence-electron chi connectivity index (χ4n) is 10.8. The number of rotatable bonds is 17. The summed E-state index contributed by atoms with van der Waals surface area (Å²) in [6.45, 7) is 30.6. The number of amides is 11. The van der Waals surface area contributed by atoms with Crippen molar-refractivity contribution in [2.75, 3.05) is 62.5 Å². The fraction of sp³-hybridized carbons (Fsp3) is 0.762. The molecule has 1 heterocycles. The molecule has 0 radical (unpaired) electrons. The number of aliphatic hydroxyl groups excluding tert-OH is 1. The van der Waals surface area contributed by atoms with Crippen molar-refractivity contribution in [1.82, 2.24) is 55.6 Å². The molecule has 5 N–H and O–H groups in total. The lowest BCUT2D eigenvalue weighted by atomic mass is 9.91. The Hall–Kier alpha value is -6.43. The molecule has 24 heteroatoms. The van der Waals surface area contributed by atoms with Crippen molar-refractivity contribution in [3.05, 3.63) is 24.8 Å². The zero-order valence-corrected chi connectivity index (χ0v) is 56.8. The van der Waals surface area contributed by atoms with E-state index in [1.54, 1.807) is 67.5 Å². The molecule has 1 fully saturated rings. The Morgan fingerprint density at radius 3 is 1.46 bits per heavy atom. The summed E-state index contributed by atoms with van der Waals surface area (Å²) in [5.41, 5.74) is 0. The third-order valence-electron chi connectivity index (χ3n) is 16.2. The number of ether oxygens (including phenoxy) is 1. The van der Waals surface area contributed by atoms with Crippen LogP contribution < -0.4 is 21.3 Å². The second kappa shape index (κ2) is 36.1. The number of allylic oxidation sites excluding steroid dienone is 2. The largest absolute Gasteiger partial charge is 0.390 e. The summed E-state index contributed by atoms with van der Waals surface area (Å²) in [6, 6.07) is -12.8. The first-order valence-corrected chi connectivity index (χ1v) is 30.8. The molecule has 0 bridgehead atoms. The molecule has 1 aliphatic rings. The van der Waals surface area contributed by atoms with Crippen molar-refractivity contribution >= 4 is 65.0 Å². The van der Waals surface area contributed by atoms with E-state index in [1.165, 1.54) is 88.9 Å². The molecule has 0 spiro atoms. The van der Waals surface area contributed by atoms with E-state index >= 15 is 9.59 Å². The molecule has 1 rings (SSSR count). The summed E-state index contributed by atoms with van der Waals surface area (Å²) in [7, 11) is 9.75. The molecule has 0 aromatic rings. The zero-order valence-electron chi connectivity index (χ0n) is 56.8. The Labute approximate surface area is 519 Å². The Bertz CT molecular complexity index is 2400. The van der Waals surface area contributed by atoms with E-state index in [-0.39, 0.29) is 50.0 Å². The average molecular weight is 1230 g/mol. The highest BCUT2D eigenvalue weighted by Crippen LogP contribution is 2.25. The van der Waals surface area contributed by atoms with E-state index in [4.69, 9.17) is 4.74 Å². The van der Waals surface area contributed by atoms with Gasteiger partial charge in [-0.3, -0.25) is 52.7 Å². The molecule has 11 amide bonds. The first kappa shape index (κ1) is 78.6. The van der Waals surface area contributed by atoms with Crippen LogP contribution in [-0.2, 0) is 57.5 Å². The molecule has 1 unspecified atom stereocenters. The van der Waals surface area contributed by atoms with Crippen molar-refractivity contribution in [3.63, 3.8) is 0 Å². The summed E-state index contributed by atoms with van der Waals surface area (Å²) < 4.78 is 5.90. The summed E-state index contributed by atoms with van der Waals surface area (Å²) in [4.78, 5) is 169. The normalized spacial score (nSPS) is 26.8. The van der Waals surface area contributed by atoms with E-state index in [0.29, 0.717) is 6.42 Å². The molecule has 1 aliphatic heterocycles. The molecule has 0 saturated carbocycles. The zero-order chi connectivity index (χ0) is 67.4. The summed E-state index contributed by atoms with van der Waals surface area (Å²) in [5.74, 6) is -10.1. The second-order valence-electron chi connectivity index (χ2n) is 25.7. The van der Waals surface area contributed by atoms with Gasteiger partial charge < -0.3 is 65.4 Å². The molecular weight excluding hydrogens is 1120 g/mol. The number of likely N-dealkylation sites (N-methyl/N-ethyl adjacent to an activating group) is 7. The van der Waals surface area contributed by atoms with Gasteiger partial charge in [-0.15, -0.1) is 6.58 Å². The number of nitrogens with zero attached hydrogens (tertiary/aromatic N) is 7. The minimum Gasteiger partial charge on any atom is -0.390 e. The van der Waals surface area contributed by atoms with Gasteiger partial charge in [-0.05, 0) is 95.3 Å². The number of hydrogen-bond donors (Lipinski definition) is 5. The Morgan fingerprint density at radius 2 is 0.989 bits per heavy atom. The molecule has 0 aromatic heterocycles. The van der Waals surface area contributed by atoms with Gasteiger partial charge in [-0.2, -0.15) is 0 Å². The minimum absolute atomic E-state index is 0.00582. The standard InChI is InChI=1S/C63H111N11O13/c1-25-28-29-40(14)53(76)52-57(80)66-44(27-3)59(82)68(18)34-48(75)72(22)51(43(17)87-30-26-2)56(79)67-49(38(10)11)62(85)69(19)45(31-35(4)5)55(78)64-41(15)54(77)65-42(16)58(81)70(20)46(32-36(6)7)60(83)71(21)47(33-37(8)9)61(84)73(23)50(39(12)13)63(86)74(52)24/h25-26,28,35-47,49-53,76H,2,27,29-34H2,1,3-24H3,(H,64,78)(H,65,77)(H,66,80)(H,67,79)/b28-25+/t40-,41+,42-,43-,44+,45+,46+,47+,49+,50?,51+,52+,53-/m1/s1. The van der Waals surface area contributed by atoms with Crippen LogP contribution in [0.1, 0.15) is 143 Å². The summed E-state index contributed by atoms with van der Waals surface area (Å²) in [5, 5.41) is 23.0. The van der Waals surface area contributed by atoms with E-state index in [0.717, 1.165) is 14.7 Å². The third-order valence-corrected chi connectivity index (χ3v) is 16.2. The van der Waals surface area contributed by atoms with Gasteiger partial charge in [0.15, 0.2) is 0 Å². The van der Waals surface area contributed by atoms with E-state index in [1.807, 2.05) is 41.5 Å². The number of hydrogen-bond acceptors (Lipinski definition) is 13. The van der Waals surface area contributed by atoms with Gasteiger partial charge in [0.25, 0.3) is 0 Å². The second-order valence-corrected chi connectivity index (χ2v) is 25.7. The maximum absolute atomic E-state index is 15.2. The Kier molecular flexibility index (Phi) is 32.7. The number of carbonyl (C=O) groups is 11. The van der Waals surface area contributed by atoms with Gasteiger partial charge in [0, 0.05) is 49.3 Å². The fourth-order valence-corrected chi connectivity index (χ4v) is 10.8. The van der Waals surface area contributed by atoms with Crippen LogP contribution in [0.25, 0.3) is 0 Å². The van der Waals surface area contributed by atoms with Gasteiger partial charge in [0.2, 0.25) is 65.0 Å². The third kappa shape index (κ3) is 22.0. The van der Waals surface area contributed by atoms with Crippen LogP contribution in [-0.4, -0.2) is 239 Å². The van der Waals surface area contributed by atoms with Gasteiger partial charge in [-0.1, -0.05) is 101 Å². The molecule has 87 heavy (non-hydrogen) atoms. The van der Waals surface area contributed by atoms with E-state index in [9.17, 15) is 48.3 Å². The highest BCUT2D eigenvalue weighted by atomic mass is 16.5. The van der Waals surface area contributed by atoms with Crippen molar-refractivity contribution in [2.24, 2.45) is 35.5 Å².